The summed E-state index contributed by atoms with van der Waals surface area (Å²) in [6, 6.07) is 12.6. The molecule has 9 heteroatoms. The first-order chi connectivity index (χ1) is 15.0. The zero-order valence-electron chi connectivity index (χ0n) is 17.3. The number of nitrogens with one attached hydrogen (secondary N) is 1. The number of nitrogens with zero attached hydrogens (tertiary/aromatic N) is 3. The number of carbonyl (C=O) groups excluding carboxylic acids is 1. The maximum atomic E-state index is 12.4. The fourth-order valence-corrected chi connectivity index (χ4v) is 3.78. The van der Waals surface area contributed by atoms with Crippen molar-refractivity contribution in [1.29, 1.82) is 0 Å². The molecule has 1 N–H and O–H groups in total. The van der Waals surface area contributed by atoms with Gasteiger partial charge in [-0.15, -0.1) is 16.8 Å². The Kier molecular flexibility index (Phi) is 7.97. The Hall–Kier alpha value is -2.97. The number of ether oxygens (including phenoxy) is 2. The van der Waals surface area contributed by atoms with E-state index in [1.54, 1.807) is 31.4 Å². The number of benzene rings is 2. The molecule has 7 nitrogen and oxygen atoms in total. The minimum atomic E-state index is -0.152. The summed E-state index contributed by atoms with van der Waals surface area (Å²) < 4.78 is 12.9. The number of halogens is 1. The smallest absolute Gasteiger partial charge is 0.234 e. The van der Waals surface area contributed by atoms with Crippen molar-refractivity contribution in [3.8, 4) is 11.5 Å². The van der Waals surface area contributed by atoms with E-state index in [1.807, 2.05) is 35.8 Å². The highest BCUT2D eigenvalue weighted by Gasteiger charge is 2.15. The van der Waals surface area contributed by atoms with E-state index in [9.17, 15) is 4.79 Å². The van der Waals surface area contributed by atoms with Crippen LogP contribution in [-0.2, 0) is 17.9 Å². The van der Waals surface area contributed by atoms with E-state index in [0.29, 0.717) is 34.0 Å². The Morgan fingerprint density at radius 3 is 2.87 bits per heavy atom. The molecule has 3 rings (SSSR count). The molecule has 162 valence electrons. The van der Waals surface area contributed by atoms with E-state index in [-0.39, 0.29) is 18.3 Å². The second-order valence-electron chi connectivity index (χ2n) is 6.57. The number of aromatic nitrogens is 3. The molecule has 0 bridgehead atoms. The maximum absolute atomic E-state index is 12.4. The van der Waals surface area contributed by atoms with Crippen molar-refractivity contribution in [2.75, 3.05) is 18.2 Å². The van der Waals surface area contributed by atoms with E-state index < -0.39 is 0 Å². The molecule has 0 aliphatic heterocycles. The summed E-state index contributed by atoms with van der Waals surface area (Å²) in [5.41, 5.74) is 1.61. The lowest BCUT2D eigenvalue weighted by Gasteiger charge is -2.11. The fourth-order valence-electron chi connectivity index (χ4n) is 2.79. The lowest BCUT2D eigenvalue weighted by Crippen LogP contribution is -2.15. The molecule has 0 spiro atoms. The first-order valence-electron chi connectivity index (χ1n) is 9.48. The molecule has 0 aliphatic carbocycles. The van der Waals surface area contributed by atoms with E-state index in [2.05, 4.69) is 22.1 Å². The number of hydrogen-bond donors (Lipinski definition) is 1. The van der Waals surface area contributed by atoms with Gasteiger partial charge in [-0.2, -0.15) is 0 Å². The average Bonchev–Trinajstić information content (AvgIpc) is 3.13. The molecular weight excluding hydrogens is 436 g/mol. The Balaban J connectivity index is 1.62. The summed E-state index contributed by atoms with van der Waals surface area (Å²) in [5, 5.41) is 12.6. The van der Waals surface area contributed by atoms with Crippen molar-refractivity contribution >= 4 is 35.0 Å². The largest absolute Gasteiger partial charge is 0.497 e. The monoisotopic (exact) mass is 458 g/mol. The second kappa shape index (κ2) is 10.9. The highest BCUT2D eigenvalue weighted by atomic mass is 35.5. The van der Waals surface area contributed by atoms with Crippen LogP contribution >= 0.6 is 23.4 Å². The predicted octanol–water partition coefficient (Wildman–Crippen LogP) is 4.74. The van der Waals surface area contributed by atoms with Crippen molar-refractivity contribution in [1.82, 2.24) is 14.8 Å². The van der Waals surface area contributed by atoms with Gasteiger partial charge < -0.3 is 14.8 Å². The third kappa shape index (κ3) is 6.26. The zero-order chi connectivity index (χ0) is 22.2. The number of thioether (sulfide) groups is 1. The molecule has 0 unspecified atom stereocenters. The Morgan fingerprint density at radius 2 is 2.13 bits per heavy atom. The van der Waals surface area contributed by atoms with Crippen LogP contribution in [0.2, 0.25) is 5.02 Å². The number of amides is 1. The van der Waals surface area contributed by atoms with Crippen LogP contribution in [0.3, 0.4) is 0 Å². The van der Waals surface area contributed by atoms with Crippen LogP contribution in [0, 0.1) is 6.92 Å². The van der Waals surface area contributed by atoms with Crippen molar-refractivity contribution in [2.24, 2.45) is 0 Å². The molecular formula is C22H23ClN4O3S. The molecule has 1 amide bonds. The molecule has 3 aromatic rings. The van der Waals surface area contributed by atoms with Crippen molar-refractivity contribution in [3.05, 3.63) is 71.5 Å². The number of aryl methyl sites for hydroxylation is 1. The minimum absolute atomic E-state index is 0.152. The quantitative estimate of drug-likeness (QED) is 0.349. The number of methoxy groups -OCH3 is 1. The van der Waals surface area contributed by atoms with Crippen LogP contribution in [0.4, 0.5) is 5.69 Å². The van der Waals surface area contributed by atoms with Crippen LogP contribution in [-0.4, -0.2) is 33.5 Å². The summed E-state index contributed by atoms with van der Waals surface area (Å²) in [6.07, 6.45) is 1.75. The molecule has 0 radical (unpaired) electrons. The lowest BCUT2D eigenvalue weighted by molar-refractivity contribution is -0.113. The van der Waals surface area contributed by atoms with Gasteiger partial charge >= 0.3 is 0 Å². The topological polar surface area (TPSA) is 78.3 Å². The predicted molar refractivity (Wildman–Crippen MR) is 123 cm³/mol. The van der Waals surface area contributed by atoms with E-state index in [0.717, 1.165) is 11.3 Å². The van der Waals surface area contributed by atoms with Crippen LogP contribution < -0.4 is 14.8 Å². The molecule has 0 saturated carbocycles. The van der Waals surface area contributed by atoms with Gasteiger partial charge in [0, 0.05) is 23.3 Å². The second-order valence-corrected chi connectivity index (χ2v) is 7.94. The molecule has 0 saturated heterocycles. The SMILES string of the molecule is C=CCn1c(COc2ccc(Cl)cc2C)nnc1SCC(=O)Nc1cccc(OC)c1. The number of allylic oxidation sites excluding steroid dienone is 1. The molecule has 0 aliphatic rings. The van der Waals surface area contributed by atoms with Gasteiger partial charge in [-0.25, -0.2) is 0 Å². The maximum Gasteiger partial charge on any atom is 0.234 e. The van der Waals surface area contributed by atoms with Gasteiger partial charge in [0.2, 0.25) is 5.91 Å². The van der Waals surface area contributed by atoms with E-state index in [4.69, 9.17) is 21.1 Å². The van der Waals surface area contributed by atoms with Gasteiger partial charge in [-0.3, -0.25) is 9.36 Å². The number of rotatable bonds is 10. The van der Waals surface area contributed by atoms with Crippen molar-refractivity contribution in [2.45, 2.75) is 25.2 Å². The first kappa shape index (κ1) is 22.7. The average molecular weight is 459 g/mol. The lowest BCUT2D eigenvalue weighted by atomic mass is 10.2. The van der Waals surface area contributed by atoms with Crippen molar-refractivity contribution < 1.29 is 14.3 Å². The third-order valence-corrected chi connectivity index (χ3v) is 5.49. The van der Waals surface area contributed by atoms with Crippen LogP contribution in [0.5, 0.6) is 11.5 Å². The zero-order valence-corrected chi connectivity index (χ0v) is 18.9. The van der Waals surface area contributed by atoms with Crippen LogP contribution in [0.25, 0.3) is 0 Å². The van der Waals surface area contributed by atoms with E-state index >= 15 is 0 Å². The standard InChI is InChI=1S/C22H23ClN4O3S/c1-4-10-27-20(13-30-19-9-8-16(23)11-15(19)2)25-26-22(27)31-14-21(28)24-17-6-5-7-18(12-17)29-3/h4-9,11-12H,1,10,13-14H2,2-3H3,(H,24,28). The van der Waals surface area contributed by atoms with Crippen molar-refractivity contribution in [3.63, 3.8) is 0 Å². The number of anilines is 1. The van der Waals surface area contributed by atoms with Crippen LogP contribution in [0.1, 0.15) is 11.4 Å². The van der Waals surface area contributed by atoms with Gasteiger partial charge in [0.1, 0.15) is 18.1 Å². The Labute approximate surface area is 190 Å². The summed E-state index contributed by atoms with van der Waals surface area (Å²) in [6.45, 7) is 6.46. The van der Waals surface area contributed by atoms with Gasteiger partial charge in [0.05, 0.1) is 12.9 Å². The highest BCUT2D eigenvalue weighted by Crippen LogP contribution is 2.24. The van der Waals surface area contributed by atoms with Gasteiger partial charge in [0.15, 0.2) is 11.0 Å². The molecule has 0 atom stereocenters. The highest BCUT2D eigenvalue weighted by molar-refractivity contribution is 7.99. The summed E-state index contributed by atoms with van der Waals surface area (Å²) in [7, 11) is 1.58. The Morgan fingerprint density at radius 1 is 1.29 bits per heavy atom. The van der Waals surface area contributed by atoms with Gasteiger partial charge in [0.25, 0.3) is 0 Å². The number of hydrogen-bond acceptors (Lipinski definition) is 6. The molecule has 31 heavy (non-hydrogen) atoms. The minimum Gasteiger partial charge on any atom is -0.497 e. The van der Waals surface area contributed by atoms with Gasteiger partial charge in [-0.05, 0) is 42.8 Å². The molecule has 0 fully saturated rings. The summed E-state index contributed by atoms with van der Waals surface area (Å²) in [5.74, 6) is 2.08. The normalized spacial score (nSPS) is 10.5. The molecule has 2 aromatic carbocycles. The van der Waals surface area contributed by atoms with Crippen LogP contribution in [0.15, 0.2) is 60.3 Å². The van der Waals surface area contributed by atoms with E-state index in [1.165, 1.54) is 11.8 Å². The Bertz CT molecular complexity index is 1070. The summed E-state index contributed by atoms with van der Waals surface area (Å²) >= 11 is 7.29. The third-order valence-electron chi connectivity index (χ3n) is 4.28. The first-order valence-corrected chi connectivity index (χ1v) is 10.8. The number of carbonyl (C=O) groups is 1. The summed E-state index contributed by atoms with van der Waals surface area (Å²) in [4.78, 5) is 12.4. The fraction of sp³-hybridized carbons (Fsp3) is 0.227. The van der Waals surface area contributed by atoms with Gasteiger partial charge in [-0.1, -0.05) is 35.5 Å². The molecule has 1 aromatic heterocycles. The molecule has 1 heterocycles.